The van der Waals surface area contributed by atoms with Crippen LogP contribution in [-0.4, -0.2) is 29.3 Å². The van der Waals surface area contributed by atoms with Crippen molar-refractivity contribution in [2.24, 2.45) is 5.73 Å². The number of aliphatic hydroxyl groups is 1. The third kappa shape index (κ3) is 2.29. The predicted octanol–water partition coefficient (Wildman–Crippen LogP) is 1.23. The number of thioether (sulfide) groups is 1. The van der Waals surface area contributed by atoms with E-state index in [1.807, 2.05) is 23.9 Å². The van der Waals surface area contributed by atoms with Crippen LogP contribution in [0.15, 0.2) is 23.1 Å². The van der Waals surface area contributed by atoms with E-state index < -0.39 is 6.10 Å². The van der Waals surface area contributed by atoms with E-state index in [1.54, 1.807) is 6.07 Å². The van der Waals surface area contributed by atoms with E-state index >= 15 is 0 Å². The van der Waals surface area contributed by atoms with Gasteiger partial charge in [0, 0.05) is 17.0 Å². The molecule has 1 heterocycles. The summed E-state index contributed by atoms with van der Waals surface area (Å²) in [6.07, 6.45) is 1.09. The molecule has 1 aliphatic heterocycles. The topological polar surface area (TPSA) is 63.3 Å². The number of nitrogens with two attached hydrogens (primary N) is 1. The fraction of sp³-hybridized carbons (Fsp3) is 0.417. The first-order chi connectivity index (χ1) is 7.72. The molecular weight excluding hydrogens is 222 g/mol. The van der Waals surface area contributed by atoms with E-state index in [-0.39, 0.29) is 12.3 Å². The van der Waals surface area contributed by atoms with Crippen molar-refractivity contribution in [2.45, 2.75) is 23.8 Å². The normalized spacial score (nSPS) is 16.6. The molecule has 1 aliphatic rings. The molecule has 3 nitrogen and oxygen atoms in total. The average Bonchev–Trinajstić information content (AvgIpc) is 2.36. The highest BCUT2D eigenvalue weighted by atomic mass is 32.2. The van der Waals surface area contributed by atoms with Gasteiger partial charge in [0.1, 0.15) is 6.10 Å². The average molecular weight is 237 g/mol. The Hall–Kier alpha value is -0.840. The van der Waals surface area contributed by atoms with Crippen molar-refractivity contribution in [1.82, 2.24) is 0 Å². The molecule has 0 bridgehead atoms. The Morgan fingerprint density at radius 1 is 1.56 bits per heavy atom. The Morgan fingerprint density at radius 2 is 2.38 bits per heavy atom. The molecule has 0 radical (unpaired) electrons. The summed E-state index contributed by atoms with van der Waals surface area (Å²) >= 11 is 1.82. The van der Waals surface area contributed by atoms with Gasteiger partial charge in [-0.2, -0.15) is 0 Å². The monoisotopic (exact) mass is 237 g/mol. The van der Waals surface area contributed by atoms with Gasteiger partial charge in [0.25, 0.3) is 0 Å². The van der Waals surface area contributed by atoms with Gasteiger partial charge in [-0.05, 0) is 36.3 Å². The number of benzene rings is 1. The van der Waals surface area contributed by atoms with Crippen LogP contribution >= 0.6 is 11.8 Å². The number of Topliss-reactive ketones (excluding diaryl/α,β-unsaturated/α-hetero) is 1. The molecule has 1 aromatic carbocycles. The number of aryl methyl sites for hydroxylation is 1. The Morgan fingerprint density at radius 3 is 3.12 bits per heavy atom. The zero-order valence-corrected chi connectivity index (χ0v) is 9.80. The molecule has 16 heavy (non-hydrogen) atoms. The van der Waals surface area contributed by atoms with Crippen LogP contribution in [0.2, 0.25) is 0 Å². The summed E-state index contributed by atoms with van der Waals surface area (Å²) in [5.41, 5.74) is 7.06. The first-order valence-corrected chi connectivity index (χ1v) is 6.39. The first kappa shape index (κ1) is 11.6. The lowest BCUT2D eigenvalue weighted by Crippen LogP contribution is -2.29. The smallest absolute Gasteiger partial charge is 0.192 e. The number of carbonyl (C=O) groups is 1. The quantitative estimate of drug-likeness (QED) is 0.776. The Bertz CT molecular complexity index is 406. The van der Waals surface area contributed by atoms with E-state index in [4.69, 9.17) is 5.73 Å². The summed E-state index contributed by atoms with van der Waals surface area (Å²) < 4.78 is 0. The van der Waals surface area contributed by atoms with Crippen LogP contribution in [0.1, 0.15) is 22.3 Å². The summed E-state index contributed by atoms with van der Waals surface area (Å²) in [6, 6.07) is 5.64. The molecule has 0 fully saturated rings. The Labute approximate surface area is 99.0 Å². The number of hydrogen-bond acceptors (Lipinski definition) is 4. The van der Waals surface area contributed by atoms with Gasteiger partial charge in [-0.3, -0.25) is 4.79 Å². The highest BCUT2D eigenvalue weighted by molar-refractivity contribution is 7.99. The molecule has 0 spiro atoms. The standard InChI is InChI=1S/C12H15NO2S/c13-7-10(14)12(15)9-3-4-11-8(6-9)2-1-5-16-11/h3-4,6,10,14H,1-2,5,7,13H2. The SMILES string of the molecule is NCC(O)C(=O)c1ccc2c(c1)CCCS2. The molecule has 1 aromatic rings. The van der Waals surface area contributed by atoms with Crippen molar-refractivity contribution in [3.8, 4) is 0 Å². The predicted molar refractivity (Wildman–Crippen MR) is 64.9 cm³/mol. The Kier molecular flexibility index (Phi) is 3.63. The van der Waals surface area contributed by atoms with Gasteiger partial charge < -0.3 is 10.8 Å². The van der Waals surface area contributed by atoms with Crippen molar-refractivity contribution in [1.29, 1.82) is 0 Å². The molecular formula is C12H15NO2S. The van der Waals surface area contributed by atoms with E-state index in [0.717, 1.165) is 18.6 Å². The number of ketones is 1. The highest BCUT2D eigenvalue weighted by Gasteiger charge is 2.18. The molecule has 0 aliphatic carbocycles. The molecule has 0 aromatic heterocycles. The molecule has 1 atom stereocenters. The number of carbonyl (C=O) groups excluding carboxylic acids is 1. The summed E-state index contributed by atoms with van der Waals surface area (Å²) in [7, 11) is 0. The molecule has 1 unspecified atom stereocenters. The molecule has 4 heteroatoms. The lowest BCUT2D eigenvalue weighted by molar-refractivity contribution is 0.0763. The second kappa shape index (κ2) is 4.99. The fourth-order valence-corrected chi connectivity index (χ4v) is 2.83. The summed E-state index contributed by atoms with van der Waals surface area (Å²) in [5.74, 6) is 0.868. The van der Waals surface area contributed by atoms with Gasteiger partial charge in [0.15, 0.2) is 5.78 Å². The maximum Gasteiger partial charge on any atom is 0.192 e. The van der Waals surface area contributed by atoms with Crippen LogP contribution in [0.5, 0.6) is 0 Å². The van der Waals surface area contributed by atoms with Gasteiger partial charge in [0.05, 0.1) is 0 Å². The Balaban J connectivity index is 2.26. The van der Waals surface area contributed by atoms with Gasteiger partial charge in [0.2, 0.25) is 0 Å². The highest BCUT2D eigenvalue weighted by Crippen LogP contribution is 2.30. The molecule has 2 rings (SSSR count). The van der Waals surface area contributed by atoms with Crippen molar-refractivity contribution >= 4 is 17.5 Å². The fourth-order valence-electron chi connectivity index (χ4n) is 1.81. The number of fused-ring (bicyclic) bond motifs is 1. The molecule has 0 saturated heterocycles. The second-order valence-electron chi connectivity index (χ2n) is 3.89. The van der Waals surface area contributed by atoms with E-state index in [0.29, 0.717) is 5.56 Å². The number of hydrogen-bond donors (Lipinski definition) is 2. The number of rotatable bonds is 3. The third-order valence-corrected chi connectivity index (χ3v) is 3.92. The van der Waals surface area contributed by atoms with Crippen LogP contribution < -0.4 is 5.73 Å². The second-order valence-corrected chi connectivity index (χ2v) is 5.03. The van der Waals surface area contributed by atoms with Gasteiger partial charge >= 0.3 is 0 Å². The van der Waals surface area contributed by atoms with Gasteiger partial charge in [-0.25, -0.2) is 0 Å². The largest absolute Gasteiger partial charge is 0.384 e. The molecule has 0 saturated carbocycles. The van der Waals surface area contributed by atoms with Crippen LogP contribution in [0.4, 0.5) is 0 Å². The van der Waals surface area contributed by atoms with E-state index in [1.165, 1.54) is 10.5 Å². The van der Waals surface area contributed by atoms with Crippen LogP contribution in [0.25, 0.3) is 0 Å². The first-order valence-electron chi connectivity index (χ1n) is 5.40. The summed E-state index contributed by atoms with van der Waals surface area (Å²) in [4.78, 5) is 13.0. The minimum absolute atomic E-state index is 0.0231. The van der Waals surface area contributed by atoms with Crippen molar-refractivity contribution in [3.63, 3.8) is 0 Å². The third-order valence-electron chi connectivity index (χ3n) is 2.72. The zero-order valence-electron chi connectivity index (χ0n) is 8.98. The summed E-state index contributed by atoms with van der Waals surface area (Å²) in [5, 5.41) is 9.40. The lowest BCUT2D eigenvalue weighted by atomic mass is 10.0. The van der Waals surface area contributed by atoms with Gasteiger partial charge in [-0.1, -0.05) is 6.07 Å². The zero-order chi connectivity index (χ0) is 11.5. The van der Waals surface area contributed by atoms with Crippen LogP contribution in [-0.2, 0) is 6.42 Å². The lowest BCUT2D eigenvalue weighted by Gasteiger charge is -2.16. The minimum Gasteiger partial charge on any atom is -0.384 e. The van der Waals surface area contributed by atoms with E-state index in [2.05, 4.69) is 0 Å². The summed E-state index contributed by atoms with van der Waals surface area (Å²) in [6.45, 7) is -0.0231. The van der Waals surface area contributed by atoms with E-state index in [9.17, 15) is 9.90 Å². The maximum atomic E-state index is 11.7. The van der Waals surface area contributed by atoms with Crippen LogP contribution in [0.3, 0.4) is 0 Å². The van der Waals surface area contributed by atoms with Crippen LogP contribution in [0, 0.1) is 0 Å². The van der Waals surface area contributed by atoms with Crippen molar-refractivity contribution < 1.29 is 9.90 Å². The van der Waals surface area contributed by atoms with Gasteiger partial charge in [-0.15, -0.1) is 11.8 Å². The molecule has 86 valence electrons. The minimum atomic E-state index is -1.07. The maximum absolute atomic E-state index is 11.7. The molecule has 3 N–H and O–H groups in total. The van der Waals surface area contributed by atoms with Crippen molar-refractivity contribution in [2.75, 3.05) is 12.3 Å². The molecule has 0 amide bonds. The number of aliphatic hydroxyl groups excluding tert-OH is 1. The van der Waals surface area contributed by atoms with Crippen molar-refractivity contribution in [3.05, 3.63) is 29.3 Å².